The Morgan fingerprint density at radius 2 is 1.40 bits per heavy atom. The maximum atomic E-state index is 5.32. The Kier molecular flexibility index (Phi) is 7.15. The van der Waals surface area contributed by atoms with E-state index in [1.807, 2.05) is 54.6 Å². The van der Waals surface area contributed by atoms with Crippen molar-refractivity contribution in [2.24, 2.45) is 12.0 Å². The number of pyridine rings is 1. The predicted molar refractivity (Wildman–Crippen MR) is 115 cm³/mol. The van der Waals surface area contributed by atoms with Gasteiger partial charge in [0.1, 0.15) is 24.7 Å². The Morgan fingerprint density at radius 1 is 0.833 bits per heavy atom. The van der Waals surface area contributed by atoms with E-state index in [9.17, 15) is 0 Å². The van der Waals surface area contributed by atoms with Gasteiger partial charge in [-0.25, -0.2) is 9.56 Å². The normalized spacial score (nSPS) is 15.5. The number of benzene rings is 2. The third kappa shape index (κ3) is 4.67. The second-order valence-electron chi connectivity index (χ2n) is 6.91. The summed E-state index contributed by atoms with van der Waals surface area (Å²) < 4.78 is 12.6. The summed E-state index contributed by atoms with van der Waals surface area (Å²) in [7, 11) is 5.37. The summed E-state index contributed by atoms with van der Waals surface area (Å²) in [5.41, 5.74) is 3.28. The van der Waals surface area contributed by atoms with E-state index in [0.29, 0.717) is 6.67 Å². The number of rotatable bonds is 5. The first-order chi connectivity index (χ1) is 14.2. The van der Waals surface area contributed by atoms with Crippen LogP contribution in [0.25, 0.3) is 0 Å². The van der Waals surface area contributed by atoms with E-state index >= 15 is 0 Å². The molecule has 156 valence electrons. The number of ether oxygens (including phenoxy) is 2. The highest BCUT2D eigenvalue weighted by Crippen LogP contribution is 2.33. The number of nitrogens with zero attached hydrogens (tertiary/aromatic N) is 4. The lowest BCUT2D eigenvalue weighted by atomic mass is 10.1. The Balaban J connectivity index is 0.00000256. The maximum absolute atomic E-state index is 5.32. The highest BCUT2D eigenvalue weighted by molar-refractivity contribution is 5.81. The molecule has 0 radical (unpaired) electrons. The minimum absolute atomic E-state index is 0. The van der Waals surface area contributed by atoms with Crippen LogP contribution in [0.15, 0.2) is 78.0 Å². The molecule has 0 N–H and O–H groups in total. The molecule has 6 nitrogen and oxygen atoms in total. The van der Waals surface area contributed by atoms with Gasteiger partial charge >= 0.3 is 0 Å². The molecule has 0 amide bonds. The van der Waals surface area contributed by atoms with Gasteiger partial charge in [0.05, 0.1) is 32.9 Å². The molecule has 7 heteroatoms. The number of halogens is 1. The fourth-order valence-electron chi connectivity index (χ4n) is 3.37. The molecule has 4 rings (SSSR count). The van der Waals surface area contributed by atoms with Crippen molar-refractivity contribution in [3.05, 3.63) is 78.6 Å². The Labute approximate surface area is 194 Å². The van der Waals surface area contributed by atoms with E-state index in [2.05, 4.69) is 46.2 Å². The molecular weight excluding hydrogens is 491 g/mol. The van der Waals surface area contributed by atoms with Gasteiger partial charge in [0, 0.05) is 17.8 Å². The minimum Gasteiger partial charge on any atom is -1.00 e. The van der Waals surface area contributed by atoms with E-state index in [1.165, 1.54) is 0 Å². The quantitative estimate of drug-likeness (QED) is 0.367. The number of hydrogen-bond acceptors (Lipinski definition) is 5. The first-order valence-corrected chi connectivity index (χ1v) is 9.48. The van der Waals surface area contributed by atoms with Crippen LogP contribution in [-0.2, 0) is 7.05 Å². The molecule has 1 aliphatic heterocycles. The van der Waals surface area contributed by atoms with Gasteiger partial charge in [0.15, 0.2) is 12.4 Å². The molecule has 0 fully saturated rings. The van der Waals surface area contributed by atoms with Crippen LogP contribution in [0.5, 0.6) is 11.5 Å². The monoisotopic (exact) mass is 516 g/mol. The maximum Gasteiger partial charge on any atom is 0.170 e. The third-order valence-electron chi connectivity index (χ3n) is 5.06. The fraction of sp³-hybridized carbons (Fsp3) is 0.217. The van der Waals surface area contributed by atoms with Crippen molar-refractivity contribution in [3.63, 3.8) is 0 Å². The van der Waals surface area contributed by atoms with E-state index in [4.69, 9.17) is 14.5 Å². The molecule has 1 atom stereocenters. The molecule has 1 aromatic heterocycles. The topological polar surface area (TPSA) is 41.2 Å². The van der Waals surface area contributed by atoms with Gasteiger partial charge in [0.2, 0.25) is 0 Å². The summed E-state index contributed by atoms with van der Waals surface area (Å²) in [5, 5.41) is 0. The van der Waals surface area contributed by atoms with Crippen molar-refractivity contribution < 1.29 is 38.0 Å². The van der Waals surface area contributed by atoms with Crippen molar-refractivity contribution in [2.75, 3.05) is 30.7 Å². The minimum atomic E-state index is -0.120. The number of anilines is 2. The van der Waals surface area contributed by atoms with Gasteiger partial charge in [0.25, 0.3) is 0 Å². The Bertz CT molecular complexity index is 976. The summed E-state index contributed by atoms with van der Waals surface area (Å²) >= 11 is 0. The third-order valence-corrected chi connectivity index (χ3v) is 5.06. The lowest BCUT2D eigenvalue weighted by Crippen LogP contribution is -3.00. The van der Waals surface area contributed by atoms with Crippen LogP contribution in [0.1, 0.15) is 11.7 Å². The van der Waals surface area contributed by atoms with Crippen LogP contribution < -0.4 is 47.8 Å². The molecule has 0 saturated carbocycles. The lowest BCUT2D eigenvalue weighted by molar-refractivity contribution is -0.671. The van der Waals surface area contributed by atoms with E-state index in [0.717, 1.165) is 28.4 Å². The molecule has 0 aliphatic carbocycles. The standard InChI is InChI=1S/C23H25N4O2.HI/c1-25-14-12-19(13-15-25)26-16-24-23(18-4-8-21(28-2)9-5-18)27(17-26)20-6-10-22(29-3)11-7-20;/h4-16,23H,17H2,1-3H3;1H/q+1;/p-1. The smallest absolute Gasteiger partial charge is 0.170 e. The van der Waals surface area contributed by atoms with Crippen LogP contribution in [0.3, 0.4) is 0 Å². The molecule has 2 heterocycles. The highest BCUT2D eigenvalue weighted by Gasteiger charge is 2.26. The second-order valence-corrected chi connectivity index (χ2v) is 6.91. The van der Waals surface area contributed by atoms with Crippen LogP contribution in [0.2, 0.25) is 0 Å². The van der Waals surface area contributed by atoms with Crippen molar-refractivity contribution in [2.45, 2.75) is 6.17 Å². The number of hydrogen-bond donors (Lipinski definition) is 0. The Hall–Kier alpha value is -2.81. The van der Waals surface area contributed by atoms with E-state index in [-0.39, 0.29) is 30.1 Å². The van der Waals surface area contributed by atoms with Crippen molar-refractivity contribution in [1.82, 2.24) is 0 Å². The van der Waals surface area contributed by atoms with Crippen LogP contribution >= 0.6 is 0 Å². The summed E-state index contributed by atoms with van der Waals surface area (Å²) in [4.78, 5) is 9.30. The average Bonchev–Trinajstić information content (AvgIpc) is 2.79. The van der Waals surface area contributed by atoms with E-state index in [1.54, 1.807) is 14.2 Å². The number of methoxy groups -OCH3 is 2. The van der Waals surface area contributed by atoms with Gasteiger partial charge in [-0.05, 0) is 42.0 Å². The first kappa shape index (κ1) is 21.9. The van der Waals surface area contributed by atoms with Gasteiger partial charge in [-0.3, -0.25) is 0 Å². The van der Waals surface area contributed by atoms with Gasteiger partial charge in [-0.1, -0.05) is 12.1 Å². The first-order valence-electron chi connectivity index (χ1n) is 9.48. The molecule has 3 aromatic rings. The zero-order valence-corrected chi connectivity index (χ0v) is 19.4. The molecule has 1 aliphatic rings. The molecule has 0 spiro atoms. The summed E-state index contributed by atoms with van der Waals surface area (Å²) in [6.45, 7) is 0.681. The highest BCUT2D eigenvalue weighted by atomic mass is 127. The van der Waals surface area contributed by atoms with Crippen LogP contribution in [0.4, 0.5) is 11.4 Å². The molecule has 2 aromatic carbocycles. The summed E-state index contributed by atoms with van der Waals surface area (Å²) in [6.07, 6.45) is 5.88. The summed E-state index contributed by atoms with van der Waals surface area (Å²) in [5.74, 6) is 1.67. The van der Waals surface area contributed by atoms with Crippen molar-refractivity contribution >= 4 is 17.7 Å². The van der Waals surface area contributed by atoms with Gasteiger partial charge in [-0.2, -0.15) is 0 Å². The SMILES string of the molecule is COc1ccc(C2N=CN(c3cc[n+](C)cc3)CN2c2ccc(OC)cc2)cc1.[I-]. The fourth-order valence-corrected chi connectivity index (χ4v) is 3.37. The summed E-state index contributed by atoms with van der Waals surface area (Å²) in [6, 6.07) is 20.3. The zero-order chi connectivity index (χ0) is 20.2. The Morgan fingerprint density at radius 3 is 1.97 bits per heavy atom. The number of aliphatic imine (C=N–C) groups is 1. The molecule has 1 unspecified atom stereocenters. The predicted octanol–water partition coefficient (Wildman–Crippen LogP) is 0.544. The van der Waals surface area contributed by atoms with Crippen molar-refractivity contribution in [3.8, 4) is 11.5 Å². The molecular formula is C23H25IN4O2. The number of aromatic nitrogens is 1. The molecule has 0 saturated heterocycles. The van der Waals surface area contributed by atoms with Gasteiger partial charge in [-0.15, -0.1) is 0 Å². The van der Waals surface area contributed by atoms with Crippen molar-refractivity contribution in [1.29, 1.82) is 0 Å². The lowest BCUT2D eigenvalue weighted by Gasteiger charge is -2.39. The van der Waals surface area contributed by atoms with E-state index < -0.39 is 0 Å². The number of aryl methyl sites for hydroxylation is 1. The van der Waals surface area contributed by atoms with Crippen LogP contribution in [0, 0.1) is 0 Å². The second kappa shape index (κ2) is 9.80. The molecule has 30 heavy (non-hydrogen) atoms. The molecule has 0 bridgehead atoms. The average molecular weight is 516 g/mol. The van der Waals surface area contributed by atoms with Gasteiger partial charge < -0.3 is 43.3 Å². The zero-order valence-electron chi connectivity index (χ0n) is 17.3. The van der Waals surface area contributed by atoms with Crippen LogP contribution in [-0.4, -0.2) is 27.2 Å². The largest absolute Gasteiger partial charge is 1.00 e.